The summed E-state index contributed by atoms with van der Waals surface area (Å²) in [5, 5.41) is 6.83. The van der Waals surface area contributed by atoms with Crippen LogP contribution in [0, 0.1) is 5.92 Å². The lowest BCUT2D eigenvalue weighted by atomic mass is 9.93. The maximum absolute atomic E-state index is 12.4. The van der Waals surface area contributed by atoms with E-state index in [0.29, 0.717) is 0 Å². The highest BCUT2D eigenvalue weighted by Gasteiger charge is 2.35. The van der Waals surface area contributed by atoms with Gasteiger partial charge in [-0.2, -0.15) is 0 Å². The van der Waals surface area contributed by atoms with Gasteiger partial charge in [0.05, 0.1) is 12.0 Å². The molecule has 4 atom stereocenters. The highest BCUT2D eigenvalue weighted by Crippen LogP contribution is 2.30. The summed E-state index contributed by atoms with van der Waals surface area (Å²) < 4.78 is 0. The number of carbonyl (C=O) groups is 1. The van der Waals surface area contributed by atoms with Crippen LogP contribution in [0.3, 0.4) is 0 Å². The summed E-state index contributed by atoms with van der Waals surface area (Å²) >= 11 is 0. The fourth-order valence-corrected chi connectivity index (χ4v) is 3.16. The Labute approximate surface area is 131 Å². The van der Waals surface area contributed by atoms with Gasteiger partial charge in [0.25, 0.3) is 0 Å². The van der Waals surface area contributed by atoms with Gasteiger partial charge in [0.2, 0.25) is 5.91 Å². The SMILES string of the molecule is C[C@@H]1NC(=O)[C@H](C)[C@@H](c2ccccc2)N[C@H]1c1ccccc1. The van der Waals surface area contributed by atoms with Gasteiger partial charge in [-0.15, -0.1) is 0 Å². The Kier molecular flexibility index (Phi) is 4.25. The summed E-state index contributed by atoms with van der Waals surface area (Å²) in [5.41, 5.74) is 2.35. The van der Waals surface area contributed by atoms with Gasteiger partial charge in [-0.25, -0.2) is 0 Å². The van der Waals surface area contributed by atoms with Crippen LogP contribution in [0.15, 0.2) is 60.7 Å². The molecule has 1 heterocycles. The van der Waals surface area contributed by atoms with Crippen molar-refractivity contribution in [1.82, 2.24) is 10.6 Å². The summed E-state index contributed by atoms with van der Waals surface area (Å²) in [4.78, 5) is 12.4. The third-order valence-electron chi connectivity index (χ3n) is 4.46. The first-order chi connectivity index (χ1) is 10.7. The molecule has 1 aliphatic heterocycles. The van der Waals surface area contributed by atoms with Gasteiger partial charge in [0, 0.05) is 12.1 Å². The molecule has 3 heteroatoms. The summed E-state index contributed by atoms with van der Waals surface area (Å²) in [7, 11) is 0. The molecule has 22 heavy (non-hydrogen) atoms. The van der Waals surface area contributed by atoms with E-state index < -0.39 is 0 Å². The van der Waals surface area contributed by atoms with Crippen LogP contribution in [-0.4, -0.2) is 11.9 Å². The molecule has 0 spiro atoms. The zero-order valence-electron chi connectivity index (χ0n) is 13.0. The van der Waals surface area contributed by atoms with Crippen molar-refractivity contribution in [2.24, 2.45) is 5.92 Å². The van der Waals surface area contributed by atoms with Gasteiger partial charge in [-0.05, 0) is 18.1 Å². The van der Waals surface area contributed by atoms with Crippen LogP contribution in [0.4, 0.5) is 0 Å². The molecule has 2 aromatic rings. The summed E-state index contributed by atoms with van der Waals surface area (Å²) in [6.07, 6.45) is 0. The average molecular weight is 294 g/mol. The van der Waals surface area contributed by atoms with Crippen LogP contribution in [0.1, 0.15) is 37.1 Å². The molecule has 114 valence electrons. The van der Waals surface area contributed by atoms with Crippen molar-refractivity contribution in [3.63, 3.8) is 0 Å². The standard InChI is InChI=1S/C19H22N2O/c1-13-17(15-9-5-3-6-10-15)21-18(14(2)20-19(13)22)16-11-7-4-8-12-16/h3-14,17-18,21H,1-2H3,(H,20,22)/t13-,14+,17+,18-/m1/s1. The van der Waals surface area contributed by atoms with Gasteiger partial charge >= 0.3 is 0 Å². The van der Waals surface area contributed by atoms with Crippen LogP contribution in [0.2, 0.25) is 0 Å². The molecule has 0 saturated carbocycles. The van der Waals surface area contributed by atoms with Crippen LogP contribution in [0.5, 0.6) is 0 Å². The third-order valence-corrected chi connectivity index (χ3v) is 4.46. The molecule has 3 nitrogen and oxygen atoms in total. The lowest BCUT2D eigenvalue weighted by Crippen LogP contribution is -2.38. The van der Waals surface area contributed by atoms with Crippen molar-refractivity contribution in [2.45, 2.75) is 32.0 Å². The minimum atomic E-state index is -0.112. The van der Waals surface area contributed by atoms with Gasteiger partial charge < -0.3 is 10.6 Å². The first kappa shape index (κ1) is 14.8. The quantitative estimate of drug-likeness (QED) is 0.893. The summed E-state index contributed by atoms with van der Waals surface area (Å²) in [6, 6.07) is 20.7. The third kappa shape index (κ3) is 2.90. The Balaban J connectivity index is 1.97. The first-order valence-electron chi connectivity index (χ1n) is 7.83. The monoisotopic (exact) mass is 294 g/mol. The molecule has 0 aromatic heterocycles. The molecule has 1 aliphatic rings. The van der Waals surface area contributed by atoms with Crippen LogP contribution in [-0.2, 0) is 4.79 Å². The minimum Gasteiger partial charge on any atom is -0.351 e. The topological polar surface area (TPSA) is 41.1 Å². The van der Waals surface area contributed by atoms with Crippen molar-refractivity contribution >= 4 is 5.91 Å². The molecule has 0 unspecified atom stereocenters. The van der Waals surface area contributed by atoms with Crippen molar-refractivity contribution in [2.75, 3.05) is 0 Å². The lowest BCUT2D eigenvalue weighted by molar-refractivity contribution is -0.125. The summed E-state index contributed by atoms with van der Waals surface area (Å²) in [5.74, 6) is -0.00848. The molecule has 1 amide bonds. The average Bonchev–Trinajstić information content (AvgIpc) is 2.67. The number of rotatable bonds is 2. The van der Waals surface area contributed by atoms with Crippen molar-refractivity contribution in [3.05, 3.63) is 71.8 Å². The predicted molar refractivity (Wildman–Crippen MR) is 88.3 cm³/mol. The van der Waals surface area contributed by atoms with E-state index in [1.165, 1.54) is 5.56 Å². The molecule has 1 saturated heterocycles. The number of benzene rings is 2. The molecule has 2 aromatic carbocycles. The maximum atomic E-state index is 12.4. The highest BCUT2D eigenvalue weighted by molar-refractivity contribution is 5.80. The summed E-state index contributed by atoms with van der Waals surface area (Å²) in [6.45, 7) is 4.04. The number of nitrogens with one attached hydrogen (secondary N) is 2. The van der Waals surface area contributed by atoms with Crippen LogP contribution in [0.25, 0.3) is 0 Å². The van der Waals surface area contributed by atoms with Crippen molar-refractivity contribution < 1.29 is 4.79 Å². The molecule has 0 bridgehead atoms. The van der Waals surface area contributed by atoms with E-state index in [-0.39, 0.29) is 30.0 Å². The molecular formula is C19H22N2O. The fourth-order valence-electron chi connectivity index (χ4n) is 3.16. The molecular weight excluding hydrogens is 272 g/mol. The van der Waals surface area contributed by atoms with Crippen molar-refractivity contribution in [3.8, 4) is 0 Å². The van der Waals surface area contributed by atoms with Gasteiger partial charge in [-0.3, -0.25) is 4.79 Å². The number of carbonyl (C=O) groups excluding carboxylic acids is 1. The Morgan fingerprint density at radius 2 is 1.27 bits per heavy atom. The van der Waals surface area contributed by atoms with E-state index in [4.69, 9.17) is 0 Å². The maximum Gasteiger partial charge on any atom is 0.225 e. The number of amides is 1. The van der Waals surface area contributed by atoms with E-state index in [9.17, 15) is 4.79 Å². The molecule has 0 aliphatic carbocycles. The number of hydrogen-bond acceptors (Lipinski definition) is 2. The minimum absolute atomic E-state index is 0.0105. The second-order valence-corrected chi connectivity index (χ2v) is 6.03. The molecule has 0 radical (unpaired) electrons. The molecule has 2 N–H and O–H groups in total. The lowest BCUT2D eigenvalue weighted by Gasteiger charge is -2.27. The number of hydrogen-bond donors (Lipinski definition) is 2. The normalized spacial score (nSPS) is 28.7. The molecule has 3 rings (SSSR count). The smallest absolute Gasteiger partial charge is 0.225 e. The van der Waals surface area contributed by atoms with Crippen molar-refractivity contribution in [1.29, 1.82) is 0 Å². The second-order valence-electron chi connectivity index (χ2n) is 6.03. The van der Waals surface area contributed by atoms with Gasteiger partial charge in [0.1, 0.15) is 0 Å². The zero-order chi connectivity index (χ0) is 15.5. The van der Waals surface area contributed by atoms with E-state index >= 15 is 0 Å². The van der Waals surface area contributed by atoms with E-state index in [2.05, 4.69) is 41.8 Å². The second kappa shape index (κ2) is 6.32. The fraction of sp³-hybridized carbons (Fsp3) is 0.316. The Morgan fingerprint density at radius 1 is 0.773 bits per heavy atom. The van der Waals surface area contributed by atoms with E-state index in [1.807, 2.05) is 43.3 Å². The predicted octanol–water partition coefficient (Wildman–Crippen LogP) is 3.21. The van der Waals surface area contributed by atoms with Crippen LogP contribution >= 0.6 is 0 Å². The van der Waals surface area contributed by atoms with E-state index in [1.54, 1.807) is 0 Å². The Morgan fingerprint density at radius 3 is 1.82 bits per heavy atom. The largest absolute Gasteiger partial charge is 0.351 e. The highest BCUT2D eigenvalue weighted by atomic mass is 16.2. The Bertz CT molecular complexity index is 626. The molecule has 1 fully saturated rings. The first-order valence-corrected chi connectivity index (χ1v) is 7.83. The zero-order valence-corrected chi connectivity index (χ0v) is 13.0. The van der Waals surface area contributed by atoms with E-state index in [0.717, 1.165) is 5.56 Å². The van der Waals surface area contributed by atoms with Crippen LogP contribution < -0.4 is 10.6 Å². The van der Waals surface area contributed by atoms with Gasteiger partial charge in [-0.1, -0.05) is 67.6 Å². The Hall–Kier alpha value is -2.13. The van der Waals surface area contributed by atoms with Gasteiger partial charge in [0.15, 0.2) is 0 Å².